The van der Waals surface area contributed by atoms with Gasteiger partial charge in [-0.05, 0) is 24.6 Å². The Labute approximate surface area is 168 Å². The van der Waals surface area contributed by atoms with Crippen LogP contribution in [0.1, 0.15) is 35.7 Å². The number of benzene rings is 1. The van der Waals surface area contributed by atoms with Gasteiger partial charge in [-0.25, -0.2) is 4.68 Å². The first-order chi connectivity index (χ1) is 14.2. The molecule has 2 aliphatic rings. The number of piperidine rings is 1. The van der Waals surface area contributed by atoms with Crippen LogP contribution in [0.2, 0.25) is 0 Å². The van der Waals surface area contributed by atoms with E-state index >= 15 is 0 Å². The molecule has 0 bridgehead atoms. The fraction of sp³-hybridized carbons (Fsp3) is 0.364. The van der Waals surface area contributed by atoms with E-state index in [1.807, 2.05) is 29.2 Å². The average molecular weight is 389 g/mol. The highest BCUT2D eigenvalue weighted by molar-refractivity contribution is 6.06. The average Bonchev–Trinajstić information content (AvgIpc) is 2.72. The summed E-state index contributed by atoms with van der Waals surface area (Å²) in [5.74, 6) is -0.0377. The van der Waals surface area contributed by atoms with Gasteiger partial charge in [0.2, 0.25) is 0 Å². The topological polar surface area (TPSA) is 71.3 Å². The number of hydrogen-bond acceptors (Lipinski definition) is 5. The van der Waals surface area contributed by atoms with E-state index in [1.165, 1.54) is 0 Å². The third-order valence-corrected chi connectivity index (χ3v) is 5.96. The Morgan fingerprint density at radius 2 is 1.90 bits per heavy atom. The number of anilines is 1. The summed E-state index contributed by atoms with van der Waals surface area (Å²) in [4.78, 5) is 34.1. The normalized spacial score (nSPS) is 19.2. The van der Waals surface area contributed by atoms with Crippen molar-refractivity contribution in [1.29, 1.82) is 0 Å². The minimum Gasteiger partial charge on any atom is -0.370 e. The minimum absolute atomic E-state index is 0.0377. The maximum absolute atomic E-state index is 13.2. The SMILES string of the molecule is O=C(c1cncc2ccccc12)N1CCCC(n2ncc(N3CCC3)cc2=O)C1. The van der Waals surface area contributed by atoms with Crippen molar-refractivity contribution >= 4 is 22.4 Å². The molecule has 1 unspecified atom stereocenters. The maximum atomic E-state index is 13.2. The Hall–Kier alpha value is -3.22. The van der Waals surface area contributed by atoms with Crippen LogP contribution in [-0.4, -0.2) is 51.8 Å². The highest BCUT2D eigenvalue weighted by Gasteiger charge is 2.28. The summed E-state index contributed by atoms with van der Waals surface area (Å²) in [6.45, 7) is 3.13. The predicted molar refractivity (Wildman–Crippen MR) is 111 cm³/mol. The molecule has 2 saturated heterocycles. The lowest BCUT2D eigenvalue weighted by Crippen LogP contribution is -2.44. The van der Waals surface area contributed by atoms with Crippen LogP contribution in [0.4, 0.5) is 5.69 Å². The van der Waals surface area contributed by atoms with Gasteiger partial charge in [0.1, 0.15) is 0 Å². The molecule has 2 aliphatic heterocycles. The largest absolute Gasteiger partial charge is 0.370 e. The van der Waals surface area contributed by atoms with Gasteiger partial charge in [0.25, 0.3) is 11.5 Å². The molecule has 1 atom stereocenters. The first-order valence-electron chi connectivity index (χ1n) is 10.2. The molecule has 2 aromatic heterocycles. The molecule has 29 heavy (non-hydrogen) atoms. The number of fused-ring (bicyclic) bond motifs is 1. The van der Waals surface area contributed by atoms with E-state index in [0.717, 1.165) is 48.8 Å². The second-order valence-corrected chi connectivity index (χ2v) is 7.79. The molecule has 2 fully saturated rings. The summed E-state index contributed by atoms with van der Waals surface area (Å²) in [6.07, 6.45) is 8.03. The lowest BCUT2D eigenvalue weighted by atomic mass is 10.0. The highest BCUT2D eigenvalue weighted by atomic mass is 16.2. The molecule has 0 N–H and O–H groups in total. The molecule has 0 spiro atoms. The Morgan fingerprint density at radius 3 is 2.69 bits per heavy atom. The van der Waals surface area contributed by atoms with Crippen molar-refractivity contribution in [3.63, 3.8) is 0 Å². The minimum atomic E-state index is -0.103. The summed E-state index contributed by atoms with van der Waals surface area (Å²) in [5, 5.41) is 6.29. The van der Waals surface area contributed by atoms with Crippen molar-refractivity contribution in [2.45, 2.75) is 25.3 Å². The Balaban J connectivity index is 1.39. The molecule has 1 aromatic carbocycles. The number of aromatic nitrogens is 3. The van der Waals surface area contributed by atoms with E-state index in [-0.39, 0.29) is 17.5 Å². The zero-order valence-corrected chi connectivity index (χ0v) is 16.2. The van der Waals surface area contributed by atoms with Gasteiger partial charge in [0, 0.05) is 50.0 Å². The molecule has 0 aliphatic carbocycles. The molecule has 0 saturated carbocycles. The first kappa shape index (κ1) is 17.8. The molecule has 5 rings (SSSR count). The molecule has 148 valence electrons. The third-order valence-electron chi connectivity index (χ3n) is 5.96. The van der Waals surface area contributed by atoms with E-state index < -0.39 is 0 Å². The second kappa shape index (κ2) is 7.31. The maximum Gasteiger partial charge on any atom is 0.269 e. The summed E-state index contributed by atoms with van der Waals surface area (Å²) < 4.78 is 1.55. The van der Waals surface area contributed by atoms with Gasteiger partial charge in [-0.15, -0.1) is 0 Å². The third kappa shape index (κ3) is 3.26. The van der Waals surface area contributed by atoms with Crippen molar-refractivity contribution in [2.75, 3.05) is 31.1 Å². The molecule has 7 heteroatoms. The van der Waals surface area contributed by atoms with Crippen molar-refractivity contribution in [1.82, 2.24) is 19.7 Å². The van der Waals surface area contributed by atoms with Crippen molar-refractivity contribution in [2.24, 2.45) is 0 Å². The van der Waals surface area contributed by atoms with Crippen LogP contribution >= 0.6 is 0 Å². The second-order valence-electron chi connectivity index (χ2n) is 7.79. The monoisotopic (exact) mass is 389 g/mol. The highest BCUT2D eigenvalue weighted by Crippen LogP contribution is 2.25. The molecular weight excluding hydrogens is 366 g/mol. The van der Waals surface area contributed by atoms with Gasteiger partial charge in [-0.3, -0.25) is 14.6 Å². The predicted octanol–water partition coefficient (Wildman–Crippen LogP) is 2.48. The number of carbonyl (C=O) groups excluding carboxylic acids is 1. The van der Waals surface area contributed by atoms with Gasteiger partial charge < -0.3 is 9.80 Å². The van der Waals surface area contributed by atoms with Crippen molar-refractivity contribution in [3.8, 4) is 0 Å². The van der Waals surface area contributed by atoms with Crippen LogP contribution in [0.15, 0.2) is 53.7 Å². The van der Waals surface area contributed by atoms with Crippen LogP contribution in [0.3, 0.4) is 0 Å². The number of amides is 1. The van der Waals surface area contributed by atoms with Crippen LogP contribution in [-0.2, 0) is 0 Å². The number of rotatable bonds is 3. The van der Waals surface area contributed by atoms with Crippen LogP contribution in [0, 0.1) is 0 Å². The number of carbonyl (C=O) groups is 1. The molecule has 7 nitrogen and oxygen atoms in total. The van der Waals surface area contributed by atoms with Crippen LogP contribution in [0.5, 0.6) is 0 Å². The van der Waals surface area contributed by atoms with Gasteiger partial charge in [-0.1, -0.05) is 24.3 Å². The van der Waals surface area contributed by atoms with E-state index in [9.17, 15) is 9.59 Å². The van der Waals surface area contributed by atoms with Crippen molar-refractivity contribution in [3.05, 3.63) is 64.8 Å². The van der Waals surface area contributed by atoms with Crippen LogP contribution in [0.25, 0.3) is 10.8 Å². The summed E-state index contributed by atoms with van der Waals surface area (Å²) in [5.41, 5.74) is 1.40. The van der Waals surface area contributed by atoms with Gasteiger partial charge >= 0.3 is 0 Å². The van der Waals surface area contributed by atoms with E-state index in [4.69, 9.17) is 0 Å². The number of pyridine rings is 1. The fourth-order valence-corrected chi connectivity index (χ4v) is 4.23. The molecular formula is C22H23N5O2. The zero-order chi connectivity index (χ0) is 19.8. The smallest absolute Gasteiger partial charge is 0.269 e. The lowest BCUT2D eigenvalue weighted by molar-refractivity contribution is 0.0671. The molecule has 4 heterocycles. The lowest BCUT2D eigenvalue weighted by Gasteiger charge is -2.34. The van der Waals surface area contributed by atoms with E-state index in [0.29, 0.717) is 18.7 Å². The van der Waals surface area contributed by atoms with E-state index in [1.54, 1.807) is 29.3 Å². The number of hydrogen-bond donors (Lipinski definition) is 0. The van der Waals surface area contributed by atoms with Crippen molar-refractivity contribution < 1.29 is 4.79 Å². The van der Waals surface area contributed by atoms with Gasteiger partial charge in [0.15, 0.2) is 0 Å². The first-order valence-corrected chi connectivity index (χ1v) is 10.2. The summed E-state index contributed by atoms with van der Waals surface area (Å²) in [7, 11) is 0. The standard InChI is InChI=1S/C22H23N5O2/c28-21-11-18(25-9-4-10-25)13-24-27(21)17-6-3-8-26(15-17)22(29)20-14-23-12-16-5-1-2-7-19(16)20/h1-2,5,7,11-14,17H,3-4,6,8-10,15H2. The fourth-order valence-electron chi connectivity index (χ4n) is 4.23. The molecule has 1 amide bonds. The summed E-state index contributed by atoms with van der Waals surface area (Å²) >= 11 is 0. The van der Waals surface area contributed by atoms with Gasteiger partial charge in [0.05, 0.1) is 23.5 Å². The Bertz CT molecular complexity index is 1120. The number of likely N-dealkylation sites (tertiary alicyclic amines) is 1. The molecule has 0 radical (unpaired) electrons. The Kier molecular flexibility index (Phi) is 4.50. The summed E-state index contributed by atoms with van der Waals surface area (Å²) in [6, 6.07) is 9.35. The number of nitrogens with zero attached hydrogens (tertiary/aromatic N) is 5. The van der Waals surface area contributed by atoms with Crippen LogP contribution < -0.4 is 10.5 Å². The quantitative estimate of drug-likeness (QED) is 0.688. The van der Waals surface area contributed by atoms with Gasteiger partial charge in [-0.2, -0.15) is 5.10 Å². The van der Waals surface area contributed by atoms with E-state index in [2.05, 4.69) is 15.0 Å². The Morgan fingerprint density at radius 1 is 1.03 bits per heavy atom. The molecule has 3 aromatic rings. The zero-order valence-electron chi connectivity index (χ0n) is 16.2.